The highest BCUT2D eigenvalue weighted by Crippen LogP contribution is 2.42. The van der Waals surface area contributed by atoms with Gasteiger partial charge in [0.1, 0.15) is 18.5 Å². The van der Waals surface area contributed by atoms with E-state index >= 15 is 0 Å². The molecule has 1 aromatic carbocycles. The average Bonchev–Trinajstić information content (AvgIpc) is 3.47. The zero-order valence-electron chi connectivity index (χ0n) is 20.9. The second-order valence-electron chi connectivity index (χ2n) is 9.56. The van der Waals surface area contributed by atoms with E-state index in [1.54, 1.807) is 6.20 Å². The first-order chi connectivity index (χ1) is 18.1. The summed E-state index contributed by atoms with van der Waals surface area (Å²) in [6, 6.07) is 1.88. The first kappa shape index (κ1) is 26.1. The van der Waals surface area contributed by atoms with E-state index in [2.05, 4.69) is 26.5 Å². The summed E-state index contributed by atoms with van der Waals surface area (Å²) in [7, 11) is 4.17. The SMILES string of the molecule is C=C1C[C@H]2C(O)N(C(=O)OCC(C)(C)SSc3nc4ncncc4[nH]3)c3cc(O)c(OC)cc3C(=O)N2C1. The van der Waals surface area contributed by atoms with Crippen molar-refractivity contribution in [2.75, 3.05) is 25.2 Å². The van der Waals surface area contributed by atoms with Crippen LogP contribution in [-0.2, 0) is 4.74 Å². The summed E-state index contributed by atoms with van der Waals surface area (Å²) in [5.74, 6) is -0.611. The third-order valence-corrected chi connectivity index (χ3v) is 9.26. The number of imidazole rings is 1. The topological polar surface area (TPSA) is 154 Å². The second-order valence-corrected chi connectivity index (χ2v) is 12.4. The number of benzene rings is 1. The number of aromatic nitrogens is 4. The van der Waals surface area contributed by atoms with E-state index in [0.717, 1.165) is 10.5 Å². The van der Waals surface area contributed by atoms with Crippen LogP contribution in [0.1, 0.15) is 30.6 Å². The van der Waals surface area contributed by atoms with Crippen molar-refractivity contribution in [1.29, 1.82) is 0 Å². The van der Waals surface area contributed by atoms with Crippen molar-refractivity contribution in [2.45, 2.75) is 42.4 Å². The molecule has 1 fully saturated rings. The van der Waals surface area contributed by atoms with Crippen LogP contribution in [-0.4, -0.2) is 84.3 Å². The highest BCUT2D eigenvalue weighted by atomic mass is 33.1. The molecule has 0 spiro atoms. The Balaban J connectivity index is 1.35. The molecule has 38 heavy (non-hydrogen) atoms. The van der Waals surface area contributed by atoms with Crippen LogP contribution in [0.2, 0.25) is 0 Å². The largest absolute Gasteiger partial charge is 0.504 e. The van der Waals surface area contributed by atoms with Crippen molar-refractivity contribution in [1.82, 2.24) is 24.8 Å². The van der Waals surface area contributed by atoms with Crippen LogP contribution < -0.4 is 9.64 Å². The smallest absolute Gasteiger partial charge is 0.416 e. The molecule has 4 heterocycles. The number of phenolic OH excluding ortho intramolecular Hbond substituents is 1. The number of phenols is 1. The van der Waals surface area contributed by atoms with E-state index < -0.39 is 29.0 Å². The fraction of sp³-hybridized carbons (Fsp3) is 0.375. The van der Waals surface area contributed by atoms with E-state index in [9.17, 15) is 19.8 Å². The summed E-state index contributed by atoms with van der Waals surface area (Å²) in [5, 5.41) is 22.3. The number of carbonyl (C=O) groups is 2. The van der Waals surface area contributed by atoms with E-state index in [1.165, 1.54) is 52.1 Å². The zero-order chi connectivity index (χ0) is 27.2. The fourth-order valence-corrected chi connectivity index (χ4v) is 6.33. The molecule has 14 heteroatoms. The molecule has 2 atom stereocenters. The zero-order valence-corrected chi connectivity index (χ0v) is 22.5. The Kier molecular flexibility index (Phi) is 6.88. The summed E-state index contributed by atoms with van der Waals surface area (Å²) < 4.78 is 10.3. The summed E-state index contributed by atoms with van der Waals surface area (Å²) in [6.45, 7) is 7.99. The molecule has 200 valence electrons. The number of methoxy groups -OCH3 is 1. The third kappa shape index (κ3) is 4.86. The van der Waals surface area contributed by atoms with Gasteiger partial charge in [-0.1, -0.05) is 22.9 Å². The van der Waals surface area contributed by atoms with Crippen LogP contribution in [0.15, 0.2) is 42.0 Å². The van der Waals surface area contributed by atoms with Crippen LogP contribution in [0.5, 0.6) is 11.5 Å². The number of hydrogen-bond donors (Lipinski definition) is 3. The maximum absolute atomic E-state index is 13.4. The molecule has 0 saturated carbocycles. The average molecular weight is 559 g/mol. The van der Waals surface area contributed by atoms with Gasteiger partial charge in [-0.25, -0.2) is 24.6 Å². The van der Waals surface area contributed by atoms with Crippen LogP contribution in [0.4, 0.5) is 10.5 Å². The summed E-state index contributed by atoms with van der Waals surface area (Å²) >= 11 is 0. The molecule has 0 radical (unpaired) electrons. The van der Waals surface area contributed by atoms with Gasteiger partial charge in [0.05, 0.1) is 35.3 Å². The molecule has 3 N–H and O–H groups in total. The molecule has 2 aliphatic heterocycles. The molecule has 1 saturated heterocycles. The third-order valence-electron chi connectivity index (χ3n) is 6.18. The molecule has 2 aromatic heterocycles. The summed E-state index contributed by atoms with van der Waals surface area (Å²) in [5.41, 5.74) is 2.17. The molecule has 3 aromatic rings. The molecule has 2 aliphatic rings. The second kappa shape index (κ2) is 10.0. The highest BCUT2D eigenvalue weighted by Gasteiger charge is 2.46. The lowest BCUT2D eigenvalue weighted by molar-refractivity contribution is 0.0486. The number of amides is 2. The summed E-state index contributed by atoms with van der Waals surface area (Å²) in [6.07, 6.45) is 1.12. The molecule has 1 unspecified atom stereocenters. The predicted molar refractivity (Wildman–Crippen MR) is 142 cm³/mol. The Hall–Kier alpha value is -3.49. The Morgan fingerprint density at radius 3 is 2.89 bits per heavy atom. The standard InChI is InChI=1S/C24H26N6O6S2/c1-12-5-16-21(33)30(15-7-17(31)18(35-4)6-13(15)20(32)29(16)9-12)23(34)36-10-24(2,3)38-37-22-27-14-8-25-11-26-19(14)28-22/h6-8,11,16,21,31,33H,1,5,9-10H2,2-4H3,(H,25,26,27,28)/t16-,21?/m0/s1. The molecule has 5 rings (SSSR count). The highest BCUT2D eigenvalue weighted by molar-refractivity contribution is 8.77. The number of fused-ring (bicyclic) bond motifs is 3. The van der Waals surface area contributed by atoms with Gasteiger partial charge >= 0.3 is 6.09 Å². The van der Waals surface area contributed by atoms with Crippen LogP contribution in [0.3, 0.4) is 0 Å². The van der Waals surface area contributed by atoms with Gasteiger partial charge in [0.25, 0.3) is 5.91 Å². The molecule has 0 bridgehead atoms. The number of ether oxygens (including phenoxy) is 2. The molecular formula is C24H26N6O6S2. The van der Waals surface area contributed by atoms with Gasteiger partial charge in [0, 0.05) is 12.6 Å². The van der Waals surface area contributed by atoms with Crippen LogP contribution >= 0.6 is 21.6 Å². The maximum Gasteiger partial charge on any atom is 0.416 e. The van der Waals surface area contributed by atoms with E-state index in [-0.39, 0.29) is 35.9 Å². The molecule has 2 amide bonds. The molecular weight excluding hydrogens is 532 g/mol. The number of hydrogen-bond acceptors (Lipinski definition) is 11. The van der Waals surface area contributed by atoms with Gasteiger partial charge in [-0.15, -0.1) is 0 Å². The van der Waals surface area contributed by atoms with Crippen molar-refractivity contribution in [3.8, 4) is 11.5 Å². The van der Waals surface area contributed by atoms with Crippen LogP contribution in [0, 0.1) is 0 Å². The van der Waals surface area contributed by atoms with Crippen molar-refractivity contribution in [3.05, 3.63) is 42.4 Å². The minimum Gasteiger partial charge on any atom is -0.504 e. The number of aromatic hydroxyl groups is 1. The van der Waals surface area contributed by atoms with Gasteiger partial charge in [0.2, 0.25) is 0 Å². The van der Waals surface area contributed by atoms with E-state index in [1.807, 2.05) is 13.8 Å². The van der Waals surface area contributed by atoms with Crippen molar-refractivity contribution in [3.63, 3.8) is 0 Å². The Bertz CT molecular complexity index is 1400. The number of aliphatic hydroxyl groups excluding tert-OH is 1. The number of carbonyl (C=O) groups excluding carboxylic acids is 2. The number of anilines is 1. The summed E-state index contributed by atoms with van der Waals surface area (Å²) in [4.78, 5) is 44.9. The minimum absolute atomic E-state index is 0.0146. The number of nitrogens with zero attached hydrogens (tertiary/aromatic N) is 5. The number of rotatable bonds is 6. The molecule has 12 nitrogen and oxygen atoms in total. The van der Waals surface area contributed by atoms with Gasteiger partial charge < -0.3 is 29.6 Å². The van der Waals surface area contributed by atoms with Gasteiger partial charge in [-0.05, 0) is 37.1 Å². The van der Waals surface area contributed by atoms with Crippen molar-refractivity contribution in [2.24, 2.45) is 0 Å². The van der Waals surface area contributed by atoms with Gasteiger partial charge in [-0.3, -0.25) is 4.79 Å². The van der Waals surface area contributed by atoms with Gasteiger partial charge in [-0.2, -0.15) is 0 Å². The van der Waals surface area contributed by atoms with E-state index in [0.29, 0.717) is 22.7 Å². The number of aliphatic hydroxyl groups is 1. The lowest BCUT2D eigenvalue weighted by atomic mass is 10.1. The van der Waals surface area contributed by atoms with Crippen molar-refractivity contribution >= 4 is 50.4 Å². The normalized spacial score (nSPS) is 19.4. The Labute approximate surface area is 225 Å². The lowest BCUT2D eigenvalue weighted by Crippen LogP contribution is -2.51. The Morgan fingerprint density at radius 2 is 2.16 bits per heavy atom. The fourth-order valence-electron chi connectivity index (χ4n) is 4.35. The minimum atomic E-state index is -1.42. The van der Waals surface area contributed by atoms with E-state index in [4.69, 9.17) is 9.47 Å². The quantitative estimate of drug-likeness (QED) is 0.301. The van der Waals surface area contributed by atoms with Crippen LogP contribution in [0.25, 0.3) is 11.2 Å². The van der Waals surface area contributed by atoms with Gasteiger partial charge in [0.15, 0.2) is 28.5 Å². The first-order valence-electron chi connectivity index (χ1n) is 11.6. The Morgan fingerprint density at radius 1 is 1.37 bits per heavy atom. The number of nitrogens with one attached hydrogen (secondary N) is 1. The lowest BCUT2D eigenvalue weighted by Gasteiger charge is -2.32. The number of H-pyrrole nitrogens is 1. The molecule has 0 aliphatic carbocycles. The monoisotopic (exact) mass is 558 g/mol. The number of aromatic amines is 1. The first-order valence-corrected chi connectivity index (χ1v) is 13.8. The van der Waals surface area contributed by atoms with Crippen molar-refractivity contribution < 1.29 is 29.3 Å². The predicted octanol–water partition coefficient (Wildman–Crippen LogP) is 3.33. The maximum atomic E-state index is 13.4.